The second-order valence-electron chi connectivity index (χ2n) is 4.45. The van der Waals surface area contributed by atoms with Gasteiger partial charge in [-0.1, -0.05) is 19.9 Å². The van der Waals surface area contributed by atoms with Crippen LogP contribution in [0.5, 0.6) is 0 Å². The zero-order valence-corrected chi connectivity index (χ0v) is 9.13. The van der Waals surface area contributed by atoms with E-state index in [9.17, 15) is 9.50 Å². The van der Waals surface area contributed by atoms with Gasteiger partial charge < -0.3 is 5.11 Å². The molecule has 1 aromatic rings. The van der Waals surface area contributed by atoms with Crippen molar-refractivity contribution in [3.8, 4) is 0 Å². The van der Waals surface area contributed by atoms with Crippen LogP contribution in [0.2, 0.25) is 0 Å². The summed E-state index contributed by atoms with van der Waals surface area (Å²) in [6.07, 6.45) is 0. The Bertz CT molecular complexity index is 324. The van der Waals surface area contributed by atoms with Crippen LogP contribution in [0.1, 0.15) is 44.7 Å². The summed E-state index contributed by atoms with van der Waals surface area (Å²) in [5, 5.41) is 9.76. The maximum absolute atomic E-state index is 13.3. The van der Waals surface area contributed by atoms with Crippen molar-refractivity contribution >= 4 is 0 Å². The SMILES string of the molecule is CC(C)c1cc(C(C)(C)O)ccc1F. The first kappa shape index (κ1) is 11.2. The van der Waals surface area contributed by atoms with Crippen molar-refractivity contribution in [2.75, 3.05) is 0 Å². The summed E-state index contributed by atoms with van der Waals surface area (Å²) < 4.78 is 13.3. The van der Waals surface area contributed by atoms with Crippen molar-refractivity contribution in [2.24, 2.45) is 0 Å². The van der Waals surface area contributed by atoms with E-state index in [1.165, 1.54) is 6.07 Å². The van der Waals surface area contributed by atoms with Gasteiger partial charge in [-0.05, 0) is 43.0 Å². The fourth-order valence-corrected chi connectivity index (χ4v) is 1.37. The summed E-state index contributed by atoms with van der Waals surface area (Å²) in [6.45, 7) is 7.27. The van der Waals surface area contributed by atoms with Gasteiger partial charge >= 0.3 is 0 Å². The summed E-state index contributed by atoms with van der Waals surface area (Å²) in [5.41, 5.74) is 0.504. The highest BCUT2D eigenvalue weighted by Crippen LogP contribution is 2.25. The molecule has 78 valence electrons. The lowest BCUT2D eigenvalue weighted by atomic mass is 9.93. The zero-order valence-electron chi connectivity index (χ0n) is 9.13. The Balaban J connectivity index is 3.20. The van der Waals surface area contributed by atoms with Crippen LogP contribution in [0.4, 0.5) is 4.39 Å². The average molecular weight is 196 g/mol. The van der Waals surface area contributed by atoms with E-state index in [1.807, 2.05) is 13.8 Å². The first-order valence-electron chi connectivity index (χ1n) is 4.84. The second-order valence-corrected chi connectivity index (χ2v) is 4.45. The van der Waals surface area contributed by atoms with Crippen LogP contribution in [0.15, 0.2) is 18.2 Å². The Morgan fingerprint density at radius 1 is 1.29 bits per heavy atom. The largest absolute Gasteiger partial charge is 0.386 e. The number of hydrogen-bond donors (Lipinski definition) is 1. The minimum Gasteiger partial charge on any atom is -0.386 e. The van der Waals surface area contributed by atoms with E-state index in [2.05, 4.69) is 0 Å². The van der Waals surface area contributed by atoms with E-state index in [1.54, 1.807) is 26.0 Å². The summed E-state index contributed by atoms with van der Waals surface area (Å²) in [6, 6.07) is 4.78. The molecule has 0 amide bonds. The number of halogens is 1. The van der Waals surface area contributed by atoms with E-state index in [-0.39, 0.29) is 11.7 Å². The summed E-state index contributed by atoms with van der Waals surface area (Å²) in [4.78, 5) is 0. The molecule has 0 bridgehead atoms. The molecule has 0 atom stereocenters. The molecule has 0 aliphatic heterocycles. The molecule has 0 aliphatic rings. The molecule has 1 N–H and O–H groups in total. The normalized spacial score (nSPS) is 12.2. The molecule has 1 aromatic carbocycles. The van der Waals surface area contributed by atoms with Crippen molar-refractivity contribution < 1.29 is 9.50 Å². The number of aliphatic hydroxyl groups is 1. The molecule has 1 rings (SSSR count). The summed E-state index contributed by atoms with van der Waals surface area (Å²) in [7, 11) is 0. The molecule has 1 nitrogen and oxygen atoms in total. The van der Waals surface area contributed by atoms with Crippen molar-refractivity contribution in [1.82, 2.24) is 0 Å². The second kappa shape index (κ2) is 3.70. The first-order chi connectivity index (χ1) is 6.32. The Morgan fingerprint density at radius 2 is 1.86 bits per heavy atom. The quantitative estimate of drug-likeness (QED) is 0.770. The Morgan fingerprint density at radius 3 is 2.29 bits per heavy atom. The minimum atomic E-state index is -0.905. The smallest absolute Gasteiger partial charge is 0.126 e. The molecule has 0 spiro atoms. The van der Waals surface area contributed by atoms with Crippen LogP contribution in [0.25, 0.3) is 0 Å². The van der Waals surface area contributed by atoms with Crippen molar-refractivity contribution in [3.05, 3.63) is 35.1 Å². The van der Waals surface area contributed by atoms with Crippen LogP contribution < -0.4 is 0 Å². The van der Waals surface area contributed by atoms with E-state index < -0.39 is 5.60 Å². The standard InChI is InChI=1S/C12H17FO/c1-8(2)10-7-9(12(3,4)14)5-6-11(10)13/h5-8,14H,1-4H3. The van der Waals surface area contributed by atoms with Crippen LogP contribution in [0.3, 0.4) is 0 Å². The lowest BCUT2D eigenvalue weighted by molar-refractivity contribution is 0.0784. The minimum absolute atomic E-state index is 0.136. The number of benzene rings is 1. The van der Waals surface area contributed by atoms with Gasteiger partial charge in [0.25, 0.3) is 0 Å². The molecular weight excluding hydrogens is 179 g/mol. The van der Waals surface area contributed by atoms with E-state index >= 15 is 0 Å². The van der Waals surface area contributed by atoms with Gasteiger partial charge in [0.2, 0.25) is 0 Å². The van der Waals surface area contributed by atoms with Crippen molar-refractivity contribution in [2.45, 2.75) is 39.2 Å². The Hall–Kier alpha value is -0.890. The molecule has 0 unspecified atom stereocenters. The highest BCUT2D eigenvalue weighted by molar-refractivity contribution is 5.30. The summed E-state index contributed by atoms with van der Waals surface area (Å²) in [5.74, 6) is -0.0645. The molecule has 0 fully saturated rings. The Kier molecular flexibility index (Phi) is 2.95. The monoisotopic (exact) mass is 196 g/mol. The molecule has 0 heterocycles. The van der Waals surface area contributed by atoms with Gasteiger partial charge in [-0.3, -0.25) is 0 Å². The van der Waals surface area contributed by atoms with Crippen LogP contribution in [-0.2, 0) is 5.60 Å². The van der Waals surface area contributed by atoms with Crippen LogP contribution >= 0.6 is 0 Å². The van der Waals surface area contributed by atoms with Crippen molar-refractivity contribution in [1.29, 1.82) is 0 Å². The molecule has 0 aliphatic carbocycles. The molecular formula is C12H17FO. The van der Waals surface area contributed by atoms with Gasteiger partial charge in [-0.25, -0.2) is 4.39 Å². The average Bonchev–Trinajstić information content (AvgIpc) is 2.02. The molecule has 0 saturated carbocycles. The van der Waals surface area contributed by atoms with E-state index in [0.29, 0.717) is 5.56 Å². The predicted molar refractivity (Wildman–Crippen MR) is 55.7 cm³/mol. The van der Waals surface area contributed by atoms with Gasteiger partial charge in [0.1, 0.15) is 5.82 Å². The lowest BCUT2D eigenvalue weighted by Crippen LogP contribution is -2.16. The van der Waals surface area contributed by atoms with Gasteiger partial charge in [0.15, 0.2) is 0 Å². The first-order valence-corrected chi connectivity index (χ1v) is 4.84. The van der Waals surface area contributed by atoms with Crippen LogP contribution in [0, 0.1) is 5.82 Å². The number of hydrogen-bond acceptors (Lipinski definition) is 1. The van der Waals surface area contributed by atoms with Crippen molar-refractivity contribution in [3.63, 3.8) is 0 Å². The van der Waals surface area contributed by atoms with Gasteiger partial charge in [-0.15, -0.1) is 0 Å². The van der Waals surface area contributed by atoms with E-state index in [4.69, 9.17) is 0 Å². The zero-order chi connectivity index (χ0) is 10.9. The third kappa shape index (κ3) is 2.32. The molecule has 14 heavy (non-hydrogen) atoms. The molecule has 2 heteroatoms. The molecule has 0 aromatic heterocycles. The van der Waals surface area contributed by atoms with Gasteiger partial charge in [0, 0.05) is 0 Å². The highest BCUT2D eigenvalue weighted by atomic mass is 19.1. The Labute approximate surface area is 84.6 Å². The topological polar surface area (TPSA) is 20.2 Å². The maximum atomic E-state index is 13.3. The van der Waals surface area contributed by atoms with Gasteiger partial charge in [0.05, 0.1) is 5.60 Å². The third-order valence-electron chi connectivity index (χ3n) is 2.32. The maximum Gasteiger partial charge on any atom is 0.126 e. The fourth-order valence-electron chi connectivity index (χ4n) is 1.37. The third-order valence-corrected chi connectivity index (χ3v) is 2.32. The molecule has 0 saturated heterocycles. The number of rotatable bonds is 2. The van der Waals surface area contributed by atoms with E-state index in [0.717, 1.165) is 5.56 Å². The van der Waals surface area contributed by atoms with Gasteiger partial charge in [-0.2, -0.15) is 0 Å². The predicted octanol–water partition coefficient (Wildman–Crippen LogP) is 3.18. The lowest BCUT2D eigenvalue weighted by Gasteiger charge is -2.19. The molecule has 0 radical (unpaired) electrons. The summed E-state index contributed by atoms with van der Waals surface area (Å²) >= 11 is 0. The van der Waals surface area contributed by atoms with Crippen LogP contribution in [-0.4, -0.2) is 5.11 Å². The highest BCUT2D eigenvalue weighted by Gasteiger charge is 2.18. The fraction of sp³-hybridized carbons (Fsp3) is 0.500.